The van der Waals surface area contributed by atoms with Crippen LogP contribution in [-0.4, -0.2) is 46.9 Å². The fraction of sp³-hybridized carbons (Fsp3) is 0.774. The molecule has 0 fully saturated rings. The number of esters is 1. The van der Waals surface area contributed by atoms with Crippen molar-refractivity contribution in [3.8, 4) is 0 Å². The summed E-state index contributed by atoms with van der Waals surface area (Å²) in [6.45, 7) is 6.25. The van der Waals surface area contributed by atoms with Crippen LogP contribution in [0.15, 0.2) is 60.8 Å². The van der Waals surface area contributed by atoms with Gasteiger partial charge in [0.2, 0.25) is 5.91 Å². The van der Waals surface area contributed by atoms with Crippen molar-refractivity contribution < 1.29 is 24.5 Å². The summed E-state index contributed by atoms with van der Waals surface area (Å²) >= 11 is 0. The number of aliphatic hydroxyl groups is 2. The van der Waals surface area contributed by atoms with Crippen molar-refractivity contribution in [3.05, 3.63) is 60.8 Å². The highest BCUT2D eigenvalue weighted by atomic mass is 16.5. The minimum atomic E-state index is -0.794. The van der Waals surface area contributed by atoms with Gasteiger partial charge in [-0.05, 0) is 83.5 Å². The lowest BCUT2D eigenvalue weighted by Gasteiger charge is -2.24. The van der Waals surface area contributed by atoms with Crippen molar-refractivity contribution >= 4 is 11.9 Å². The van der Waals surface area contributed by atoms with E-state index in [1.165, 1.54) is 89.9 Å². The van der Waals surface area contributed by atoms with Gasteiger partial charge in [0.05, 0.1) is 25.2 Å². The fourth-order valence-corrected chi connectivity index (χ4v) is 7.36. The fourth-order valence-electron chi connectivity index (χ4n) is 7.36. The summed E-state index contributed by atoms with van der Waals surface area (Å²) in [5.41, 5.74) is 0. The quantitative estimate of drug-likeness (QED) is 0.0323. The lowest BCUT2D eigenvalue weighted by atomic mass is 10.0. The molecule has 0 heterocycles. The van der Waals surface area contributed by atoms with E-state index in [1.807, 2.05) is 0 Å². The zero-order valence-corrected chi connectivity index (χ0v) is 38.9. The molecule has 0 aromatic carbocycles. The number of carbonyl (C=O) groups excluding carboxylic acids is 2. The Hall–Kier alpha value is -2.44. The highest BCUT2D eigenvalue weighted by molar-refractivity contribution is 5.77. The summed E-state index contributed by atoms with van der Waals surface area (Å²) in [6, 6.07) is -0.709. The predicted molar refractivity (Wildman–Crippen MR) is 255 cm³/mol. The first-order chi connectivity index (χ1) is 29.0. The van der Waals surface area contributed by atoms with Crippen LogP contribution in [0, 0.1) is 0 Å². The Morgan fingerprint density at radius 3 is 1.39 bits per heavy atom. The highest BCUT2D eigenvalue weighted by Crippen LogP contribution is 2.17. The SMILES string of the molecule is CC/C=C/C/C=C/C/C=C/CCCCCCCCC(=O)OC(CCCCCCC/C=C/C/C=C/CC)CC(=O)NC(CO)C(O)CCCCCCCCCCCCCC. The van der Waals surface area contributed by atoms with Gasteiger partial charge in [0.1, 0.15) is 6.10 Å². The van der Waals surface area contributed by atoms with Crippen LogP contribution < -0.4 is 5.32 Å². The van der Waals surface area contributed by atoms with Crippen LogP contribution >= 0.6 is 0 Å². The van der Waals surface area contributed by atoms with Gasteiger partial charge >= 0.3 is 5.97 Å². The van der Waals surface area contributed by atoms with E-state index >= 15 is 0 Å². The molecule has 0 saturated carbocycles. The molecule has 0 radical (unpaired) electrons. The van der Waals surface area contributed by atoms with Gasteiger partial charge in [-0.3, -0.25) is 9.59 Å². The maximum absolute atomic E-state index is 13.2. The van der Waals surface area contributed by atoms with E-state index < -0.39 is 18.2 Å². The second-order valence-electron chi connectivity index (χ2n) is 16.8. The Morgan fingerprint density at radius 1 is 0.508 bits per heavy atom. The number of amides is 1. The molecular formula is C53H95NO5. The molecule has 0 aliphatic rings. The third kappa shape index (κ3) is 42.1. The average Bonchev–Trinajstić information content (AvgIpc) is 3.23. The summed E-state index contributed by atoms with van der Waals surface area (Å²) in [7, 11) is 0. The number of unbranched alkanes of at least 4 members (excludes halogenated alkanes) is 22. The van der Waals surface area contributed by atoms with E-state index in [2.05, 4.69) is 86.8 Å². The normalized spacial score (nSPS) is 13.8. The number of rotatable bonds is 44. The molecule has 0 aromatic rings. The van der Waals surface area contributed by atoms with Crippen LogP contribution in [0.2, 0.25) is 0 Å². The Morgan fingerprint density at radius 2 is 0.915 bits per heavy atom. The number of allylic oxidation sites excluding steroid dienone is 10. The number of aliphatic hydroxyl groups excluding tert-OH is 2. The predicted octanol–water partition coefficient (Wildman–Crippen LogP) is 14.8. The summed E-state index contributed by atoms with van der Waals surface area (Å²) in [5, 5.41) is 23.7. The summed E-state index contributed by atoms with van der Waals surface area (Å²) in [4.78, 5) is 26.1. The van der Waals surface area contributed by atoms with E-state index in [4.69, 9.17) is 4.74 Å². The van der Waals surface area contributed by atoms with Crippen LogP contribution in [0.3, 0.4) is 0 Å². The minimum absolute atomic E-state index is 0.0614. The largest absolute Gasteiger partial charge is 0.462 e. The Kier molecular flexibility index (Phi) is 44.7. The third-order valence-corrected chi connectivity index (χ3v) is 11.1. The van der Waals surface area contributed by atoms with Crippen LogP contribution in [-0.2, 0) is 14.3 Å². The molecule has 59 heavy (non-hydrogen) atoms. The van der Waals surface area contributed by atoms with Gasteiger partial charge < -0.3 is 20.3 Å². The molecule has 0 spiro atoms. The number of nitrogens with one attached hydrogen (secondary N) is 1. The molecule has 3 unspecified atom stereocenters. The maximum Gasteiger partial charge on any atom is 0.306 e. The molecule has 0 aliphatic heterocycles. The van der Waals surface area contributed by atoms with E-state index in [9.17, 15) is 19.8 Å². The van der Waals surface area contributed by atoms with Gasteiger partial charge in [0.25, 0.3) is 0 Å². The number of hydrogen-bond acceptors (Lipinski definition) is 5. The molecule has 6 nitrogen and oxygen atoms in total. The van der Waals surface area contributed by atoms with Crippen LogP contribution in [0.5, 0.6) is 0 Å². The first kappa shape index (κ1) is 56.6. The van der Waals surface area contributed by atoms with Crippen molar-refractivity contribution in [1.82, 2.24) is 5.32 Å². The first-order valence-electron chi connectivity index (χ1n) is 25.0. The number of hydrogen-bond donors (Lipinski definition) is 3. The lowest BCUT2D eigenvalue weighted by Crippen LogP contribution is -2.46. The molecule has 3 N–H and O–H groups in total. The number of ether oxygens (including phenoxy) is 1. The van der Waals surface area contributed by atoms with E-state index in [-0.39, 0.29) is 24.9 Å². The van der Waals surface area contributed by atoms with Crippen molar-refractivity contribution in [1.29, 1.82) is 0 Å². The van der Waals surface area contributed by atoms with Crippen LogP contribution in [0.4, 0.5) is 0 Å². The lowest BCUT2D eigenvalue weighted by molar-refractivity contribution is -0.151. The Labute approximate surface area is 365 Å². The molecular weight excluding hydrogens is 731 g/mol. The van der Waals surface area contributed by atoms with Gasteiger partial charge in [-0.1, -0.05) is 204 Å². The van der Waals surface area contributed by atoms with Crippen molar-refractivity contribution in [2.24, 2.45) is 0 Å². The molecule has 0 bridgehead atoms. The molecule has 0 aromatic heterocycles. The van der Waals surface area contributed by atoms with Crippen molar-refractivity contribution in [2.75, 3.05) is 6.61 Å². The smallest absolute Gasteiger partial charge is 0.306 e. The summed E-state index contributed by atoms with van der Waals surface area (Å²) in [6.07, 6.45) is 57.1. The Bertz CT molecular complexity index is 1060. The second kappa shape index (κ2) is 46.6. The first-order valence-corrected chi connectivity index (χ1v) is 25.0. The molecule has 0 aliphatic carbocycles. The molecule has 342 valence electrons. The molecule has 0 rings (SSSR count). The highest BCUT2D eigenvalue weighted by Gasteiger charge is 2.24. The third-order valence-electron chi connectivity index (χ3n) is 11.1. The zero-order valence-electron chi connectivity index (χ0n) is 38.9. The monoisotopic (exact) mass is 826 g/mol. The van der Waals surface area contributed by atoms with E-state index in [0.29, 0.717) is 19.3 Å². The van der Waals surface area contributed by atoms with Gasteiger partial charge in [0, 0.05) is 6.42 Å². The molecule has 6 heteroatoms. The van der Waals surface area contributed by atoms with Crippen LogP contribution in [0.1, 0.15) is 239 Å². The zero-order chi connectivity index (χ0) is 43.1. The van der Waals surface area contributed by atoms with Crippen molar-refractivity contribution in [3.63, 3.8) is 0 Å². The standard InChI is InChI=1S/C53H95NO5/c1-4-7-10-13-16-19-22-25-26-27-28-31-34-37-40-43-46-53(58)59-49(44-41-38-35-32-29-23-20-17-14-11-8-5-2)47-52(57)54-50(48-55)51(56)45-42-39-36-33-30-24-21-18-15-12-9-6-3/h7-8,10-11,16-17,19-20,25-26,49-51,55-56H,4-6,9,12-15,18,21-24,27-48H2,1-3H3,(H,54,57)/b10-7+,11-8+,19-16+,20-17+,26-25+. The Balaban J connectivity index is 4.59. The molecule has 1 amide bonds. The molecule has 3 atom stereocenters. The molecule has 0 saturated heterocycles. The number of carbonyl (C=O) groups is 2. The van der Waals surface area contributed by atoms with Gasteiger partial charge in [-0.2, -0.15) is 0 Å². The van der Waals surface area contributed by atoms with Gasteiger partial charge in [-0.25, -0.2) is 0 Å². The van der Waals surface area contributed by atoms with Gasteiger partial charge in [0.15, 0.2) is 0 Å². The van der Waals surface area contributed by atoms with E-state index in [0.717, 1.165) is 103 Å². The van der Waals surface area contributed by atoms with E-state index in [1.54, 1.807) is 0 Å². The van der Waals surface area contributed by atoms with Crippen molar-refractivity contribution in [2.45, 2.75) is 257 Å². The summed E-state index contributed by atoms with van der Waals surface area (Å²) in [5.74, 6) is -0.503. The van der Waals surface area contributed by atoms with Crippen LogP contribution in [0.25, 0.3) is 0 Å². The maximum atomic E-state index is 13.2. The van der Waals surface area contributed by atoms with Gasteiger partial charge in [-0.15, -0.1) is 0 Å². The topological polar surface area (TPSA) is 95.9 Å². The second-order valence-corrected chi connectivity index (χ2v) is 16.8. The summed E-state index contributed by atoms with van der Waals surface area (Å²) < 4.78 is 5.91. The average molecular weight is 826 g/mol. The minimum Gasteiger partial charge on any atom is -0.462 e.